The Labute approximate surface area is 111 Å². The van der Waals surface area contributed by atoms with Crippen molar-refractivity contribution in [1.29, 1.82) is 0 Å². The highest BCUT2D eigenvalue weighted by molar-refractivity contribution is 7.89. The van der Waals surface area contributed by atoms with Crippen LogP contribution in [0.25, 0.3) is 0 Å². The first-order chi connectivity index (χ1) is 8.51. The van der Waals surface area contributed by atoms with Crippen LogP contribution >= 0.6 is 12.2 Å². The third kappa shape index (κ3) is 2.51. The van der Waals surface area contributed by atoms with E-state index in [9.17, 15) is 8.42 Å². The first-order valence-corrected chi connectivity index (χ1v) is 7.30. The number of fused-ring (bicyclic) bond motifs is 1. The van der Waals surface area contributed by atoms with Crippen LogP contribution in [0.5, 0.6) is 0 Å². The van der Waals surface area contributed by atoms with Crippen LogP contribution < -0.4 is 5.73 Å². The molecule has 0 fully saturated rings. The predicted octanol–water partition coefficient (Wildman–Crippen LogP) is 1.42. The maximum atomic E-state index is 12.3. The number of sulfonamides is 1. The summed E-state index contributed by atoms with van der Waals surface area (Å²) in [4.78, 5) is 4.75. The third-order valence-corrected chi connectivity index (χ3v) is 4.58. The van der Waals surface area contributed by atoms with E-state index >= 15 is 0 Å². The van der Waals surface area contributed by atoms with Gasteiger partial charge in [0.1, 0.15) is 11.2 Å². The van der Waals surface area contributed by atoms with Crippen molar-refractivity contribution < 1.29 is 8.42 Å². The highest BCUT2D eigenvalue weighted by Crippen LogP contribution is 2.29. The van der Waals surface area contributed by atoms with Gasteiger partial charge < -0.3 is 5.73 Å². The van der Waals surface area contributed by atoms with Crippen LogP contribution in [0.4, 0.5) is 5.69 Å². The number of para-hydroxylation sites is 1. The molecule has 1 aromatic carbocycles. The van der Waals surface area contributed by atoms with Gasteiger partial charge in [0.2, 0.25) is 0 Å². The Kier molecular flexibility index (Phi) is 3.63. The van der Waals surface area contributed by atoms with E-state index < -0.39 is 10.0 Å². The molecule has 0 aromatic heterocycles. The number of hydrogen-bond acceptors (Lipinski definition) is 4. The van der Waals surface area contributed by atoms with Crippen molar-refractivity contribution in [3.63, 3.8) is 0 Å². The highest BCUT2D eigenvalue weighted by Gasteiger charge is 2.27. The third-order valence-electron chi connectivity index (χ3n) is 2.58. The first-order valence-electron chi connectivity index (χ1n) is 5.45. The van der Waals surface area contributed by atoms with Crippen molar-refractivity contribution in [2.45, 2.75) is 17.7 Å². The summed E-state index contributed by atoms with van der Waals surface area (Å²) in [5.41, 5.74) is 5.86. The van der Waals surface area contributed by atoms with Gasteiger partial charge in [-0.1, -0.05) is 24.4 Å². The number of rotatable bonds is 4. The van der Waals surface area contributed by atoms with E-state index in [-0.39, 0.29) is 4.90 Å². The summed E-state index contributed by atoms with van der Waals surface area (Å²) in [5.74, 6) is 0. The summed E-state index contributed by atoms with van der Waals surface area (Å²) in [6.07, 6.45) is 2.46. The fourth-order valence-electron chi connectivity index (χ4n) is 1.68. The largest absolute Gasteiger partial charge is 0.393 e. The van der Waals surface area contributed by atoms with Crippen molar-refractivity contribution in [1.82, 2.24) is 4.31 Å². The molecule has 0 aliphatic carbocycles. The Morgan fingerprint density at radius 2 is 2.11 bits per heavy atom. The molecule has 0 unspecified atom stereocenters. The van der Waals surface area contributed by atoms with E-state index in [0.29, 0.717) is 30.1 Å². The lowest BCUT2D eigenvalue weighted by Gasteiger charge is -2.23. The van der Waals surface area contributed by atoms with Gasteiger partial charge in [-0.2, -0.15) is 0 Å². The summed E-state index contributed by atoms with van der Waals surface area (Å²) >= 11 is 4.76. The van der Waals surface area contributed by atoms with Crippen LogP contribution in [0.1, 0.15) is 12.8 Å². The van der Waals surface area contributed by atoms with Crippen molar-refractivity contribution in [2.24, 2.45) is 10.7 Å². The summed E-state index contributed by atoms with van der Waals surface area (Å²) in [7, 11) is -3.48. The van der Waals surface area contributed by atoms with E-state index in [1.54, 1.807) is 24.3 Å². The molecule has 2 rings (SSSR count). The molecular formula is C11H13N3O2S2. The minimum atomic E-state index is -3.48. The zero-order chi connectivity index (χ0) is 13.2. The molecule has 0 spiro atoms. The number of nitrogens with zero attached hydrogens (tertiary/aromatic N) is 2. The summed E-state index contributed by atoms with van der Waals surface area (Å²) in [6.45, 7) is 0.331. The average Bonchev–Trinajstić information content (AvgIpc) is 2.32. The van der Waals surface area contributed by atoms with E-state index in [1.807, 2.05) is 0 Å². The second kappa shape index (κ2) is 5.03. The number of benzene rings is 1. The molecule has 1 heterocycles. The van der Waals surface area contributed by atoms with Crippen molar-refractivity contribution in [3.8, 4) is 0 Å². The minimum Gasteiger partial charge on any atom is -0.393 e. The van der Waals surface area contributed by atoms with E-state index in [4.69, 9.17) is 18.0 Å². The number of hydrogen-bond donors (Lipinski definition) is 1. The quantitative estimate of drug-likeness (QED) is 0.848. The van der Waals surface area contributed by atoms with E-state index in [2.05, 4.69) is 4.99 Å². The molecular weight excluding hydrogens is 270 g/mol. The van der Waals surface area contributed by atoms with Crippen LogP contribution in [0.15, 0.2) is 34.2 Å². The fourth-order valence-corrected chi connectivity index (χ4v) is 3.26. The Balaban J connectivity index is 2.20. The van der Waals surface area contributed by atoms with E-state index in [1.165, 1.54) is 10.6 Å². The lowest BCUT2D eigenvalue weighted by molar-refractivity contribution is 0.518. The predicted molar refractivity (Wildman–Crippen MR) is 74.5 cm³/mol. The molecule has 18 heavy (non-hydrogen) atoms. The van der Waals surface area contributed by atoms with Gasteiger partial charge >= 0.3 is 0 Å². The molecule has 1 aliphatic heterocycles. The van der Waals surface area contributed by atoms with Gasteiger partial charge in [-0.05, 0) is 25.0 Å². The zero-order valence-corrected chi connectivity index (χ0v) is 11.2. The van der Waals surface area contributed by atoms with Gasteiger partial charge in [0.05, 0.1) is 10.7 Å². The van der Waals surface area contributed by atoms with Crippen molar-refractivity contribution >= 4 is 39.3 Å². The molecule has 5 nitrogen and oxygen atoms in total. The summed E-state index contributed by atoms with van der Waals surface area (Å²) in [6, 6.07) is 6.68. The van der Waals surface area contributed by atoms with Crippen LogP contribution in [0, 0.1) is 0 Å². The van der Waals surface area contributed by atoms with Gasteiger partial charge in [0.25, 0.3) is 10.0 Å². The van der Waals surface area contributed by atoms with Gasteiger partial charge in [-0.15, -0.1) is 0 Å². The topological polar surface area (TPSA) is 75.8 Å². The molecule has 1 aromatic rings. The maximum absolute atomic E-state index is 12.3. The molecule has 0 saturated carbocycles. The second-order valence-electron chi connectivity index (χ2n) is 3.90. The van der Waals surface area contributed by atoms with E-state index in [0.717, 1.165) is 0 Å². The first kappa shape index (κ1) is 13.0. The Hall–Kier alpha value is -1.47. The van der Waals surface area contributed by atoms with Gasteiger partial charge in [-0.25, -0.2) is 13.4 Å². The molecule has 0 amide bonds. The van der Waals surface area contributed by atoms with Crippen molar-refractivity contribution in [2.75, 3.05) is 6.54 Å². The SMILES string of the molecule is NC(=S)CCCN1C=Nc2ccccc2S1(=O)=O. The average molecular weight is 283 g/mol. The summed E-state index contributed by atoms with van der Waals surface area (Å²) < 4.78 is 25.7. The standard InChI is InChI=1S/C11H13N3O2S2/c12-11(17)6-3-7-14-8-13-9-4-1-2-5-10(9)18(14,15)16/h1-2,4-5,8H,3,6-7H2,(H2,12,17). The molecule has 0 bridgehead atoms. The normalized spacial score (nSPS) is 16.3. The highest BCUT2D eigenvalue weighted by atomic mass is 32.2. The zero-order valence-electron chi connectivity index (χ0n) is 9.61. The Morgan fingerprint density at radius 1 is 1.39 bits per heavy atom. The molecule has 2 N–H and O–H groups in total. The summed E-state index contributed by atoms with van der Waals surface area (Å²) in [5, 5.41) is 0. The maximum Gasteiger partial charge on any atom is 0.267 e. The van der Waals surface area contributed by atoms with Gasteiger partial charge in [0, 0.05) is 6.54 Å². The fraction of sp³-hybridized carbons (Fsp3) is 0.273. The molecule has 7 heteroatoms. The van der Waals surface area contributed by atoms with Gasteiger partial charge in [0.15, 0.2) is 0 Å². The number of aliphatic imine (C=N–C) groups is 1. The van der Waals surface area contributed by atoms with Crippen LogP contribution in [0.3, 0.4) is 0 Å². The monoisotopic (exact) mass is 283 g/mol. The van der Waals surface area contributed by atoms with Crippen LogP contribution in [-0.4, -0.2) is 30.6 Å². The van der Waals surface area contributed by atoms with Crippen molar-refractivity contribution in [3.05, 3.63) is 24.3 Å². The Morgan fingerprint density at radius 3 is 2.83 bits per heavy atom. The smallest absolute Gasteiger partial charge is 0.267 e. The molecule has 96 valence electrons. The number of thiocarbonyl (C=S) groups is 1. The van der Waals surface area contributed by atoms with Gasteiger partial charge in [-0.3, -0.25) is 4.31 Å². The minimum absolute atomic E-state index is 0.239. The van der Waals surface area contributed by atoms with Crippen LogP contribution in [-0.2, 0) is 10.0 Å². The Bertz CT molecular complexity index is 596. The second-order valence-corrected chi connectivity index (χ2v) is 6.28. The molecule has 0 saturated heterocycles. The molecule has 0 atom stereocenters. The lowest BCUT2D eigenvalue weighted by Crippen LogP contribution is -2.33. The number of nitrogens with two attached hydrogens (primary N) is 1. The molecule has 0 radical (unpaired) electrons. The lowest BCUT2D eigenvalue weighted by atomic mass is 10.3. The molecule has 1 aliphatic rings. The van der Waals surface area contributed by atoms with Crippen LogP contribution in [0.2, 0.25) is 0 Å².